The van der Waals surface area contributed by atoms with Crippen LogP contribution in [0.1, 0.15) is 20.8 Å². The van der Waals surface area contributed by atoms with Crippen LogP contribution in [-0.2, 0) is 16.8 Å². The maximum Gasteiger partial charge on any atom is 3.00 e. The van der Waals surface area contributed by atoms with Gasteiger partial charge >= 0.3 is 16.8 Å². The van der Waals surface area contributed by atoms with Crippen molar-refractivity contribution in [3.63, 3.8) is 0 Å². The molecule has 0 aromatic heterocycles. The molecule has 0 radical (unpaired) electrons. The SMILES string of the molecule is [CH2-]C.[CH2-]C.[CH2-]C.[Co+3]. The van der Waals surface area contributed by atoms with Crippen molar-refractivity contribution in [1.82, 2.24) is 0 Å². The molecular weight excluding hydrogens is 131 g/mol. The second kappa shape index (κ2) is 769. The van der Waals surface area contributed by atoms with E-state index in [1.54, 1.807) is 20.8 Å². The van der Waals surface area contributed by atoms with Crippen molar-refractivity contribution in [2.24, 2.45) is 0 Å². The van der Waals surface area contributed by atoms with Crippen molar-refractivity contribution in [2.75, 3.05) is 0 Å². The Hall–Kier alpha value is 0.506. The fourth-order valence-electron chi connectivity index (χ4n) is 0. The van der Waals surface area contributed by atoms with Crippen LogP contribution in [0, 0.1) is 20.8 Å². The zero-order valence-electron chi connectivity index (χ0n) is 5.45. The summed E-state index contributed by atoms with van der Waals surface area (Å²) in [6, 6.07) is 0. The molecule has 0 bridgehead atoms. The van der Waals surface area contributed by atoms with Crippen LogP contribution in [0.15, 0.2) is 0 Å². The molecule has 1 heteroatoms. The van der Waals surface area contributed by atoms with Crippen molar-refractivity contribution >= 4 is 0 Å². The van der Waals surface area contributed by atoms with Crippen LogP contribution in [0.25, 0.3) is 0 Å². The second-order valence-electron chi connectivity index (χ2n) is 0. The minimum Gasteiger partial charge on any atom is -0.346 e. The van der Waals surface area contributed by atoms with E-state index in [9.17, 15) is 0 Å². The molecule has 0 aliphatic rings. The average molecular weight is 146 g/mol. The van der Waals surface area contributed by atoms with Crippen molar-refractivity contribution < 1.29 is 16.8 Å². The van der Waals surface area contributed by atoms with Crippen LogP contribution < -0.4 is 0 Å². The third kappa shape index (κ3) is 515. The summed E-state index contributed by atoms with van der Waals surface area (Å²) in [6.07, 6.45) is 0. The molecule has 0 aliphatic carbocycles. The molecule has 0 aliphatic heterocycles. The molecule has 0 aromatic carbocycles. The van der Waals surface area contributed by atoms with E-state index in [4.69, 9.17) is 0 Å². The first-order valence-electron chi connectivity index (χ1n) is 2.12. The molecule has 0 aromatic rings. The molecule has 0 atom stereocenters. The first kappa shape index (κ1) is 25.8. The van der Waals surface area contributed by atoms with Crippen molar-refractivity contribution in [3.8, 4) is 0 Å². The Morgan fingerprint density at radius 1 is 0.571 bits per heavy atom. The van der Waals surface area contributed by atoms with Gasteiger partial charge < -0.3 is 20.8 Å². The van der Waals surface area contributed by atoms with Gasteiger partial charge in [-0.3, -0.25) is 0 Å². The van der Waals surface area contributed by atoms with Crippen LogP contribution in [-0.4, -0.2) is 0 Å². The molecular formula is C6H15Co. The molecule has 0 saturated carbocycles. The van der Waals surface area contributed by atoms with E-state index in [1.807, 2.05) is 0 Å². The molecule has 0 heterocycles. The molecule has 0 nitrogen and oxygen atoms in total. The minimum atomic E-state index is 0. The van der Waals surface area contributed by atoms with Gasteiger partial charge in [0.2, 0.25) is 0 Å². The molecule has 0 fully saturated rings. The quantitative estimate of drug-likeness (QED) is 0.460. The van der Waals surface area contributed by atoms with Crippen LogP contribution in [0.5, 0.6) is 0 Å². The summed E-state index contributed by atoms with van der Waals surface area (Å²) in [5.74, 6) is 0. The molecule has 0 amide bonds. The minimum absolute atomic E-state index is 0. The zero-order valence-corrected chi connectivity index (χ0v) is 6.50. The average Bonchev–Trinajstić information content (AvgIpc) is 1.81. The summed E-state index contributed by atoms with van der Waals surface area (Å²) in [5, 5.41) is 0. The number of hydrogen-bond donors (Lipinski definition) is 0. The summed E-state index contributed by atoms with van der Waals surface area (Å²) in [4.78, 5) is 0. The van der Waals surface area contributed by atoms with E-state index >= 15 is 0 Å². The van der Waals surface area contributed by atoms with Gasteiger partial charge in [0.15, 0.2) is 0 Å². The Morgan fingerprint density at radius 3 is 0.571 bits per heavy atom. The topological polar surface area (TPSA) is 0 Å². The molecule has 0 rings (SSSR count). The van der Waals surface area contributed by atoms with E-state index in [2.05, 4.69) is 20.8 Å². The number of hydrogen-bond acceptors (Lipinski definition) is 0. The van der Waals surface area contributed by atoms with Gasteiger partial charge in [0.25, 0.3) is 0 Å². The standard InChI is InChI=1S/3C2H5.Co/c3*1-2;/h3*1H2,2H3;/q3*-1;+3. The van der Waals surface area contributed by atoms with Gasteiger partial charge in [-0.05, 0) is 0 Å². The Labute approximate surface area is 58.9 Å². The van der Waals surface area contributed by atoms with Gasteiger partial charge in [0.05, 0.1) is 0 Å². The Kier molecular flexibility index (Phi) is 2840. The van der Waals surface area contributed by atoms with Crippen molar-refractivity contribution in [2.45, 2.75) is 20.8 Å². The Bertz CT molecular complexity index is 4.14. The van der Waals surface area contributed by atoms with Crippen LogP contribution in [0.3, 0.4) is 0 Å². The molecule has 7 heavy (non-hydrogen) atoms. The molecule has 48 valence electrons. The van der Waals surface area contributed by atoms with Gasteiger partial charge in [-0.1, -0.05) is 0 Å². The van der Waals surface area contributed by atoms with Crippen LogP contribution in [0.2, 0.25) is 0 Å². The largest absolute Gasteiger partial charge is 3.00 e. The molecule has 0 unspecified atom stereocenters. The fraction of sp³-hybridized carbons (Fsp3) is 0.500. The Balaban J connectivity index is -0.00000000900. The van der Waals surface area contributed by atoms with Gasteiger partial charge in [-0.25, -0.2) is 0 Å². The maximum absolute atomic E-state index is 3.25. The Morgan fingerprint density at radius 2 is 0.571 bits per heavy atom. The molecule has 0 spiro atoms. The fourth-order valence-corrected chi connectivity index (χ4v) is 0. The third-order valence-corrected chi connectivity index (χ3v) is 0. The third-order valence-electron chi connectivity index (χ3n) is 0. The van der Waals surface area contributed by atoms with Crippen molar-refractivity contribution in [3.05, 3.63) is 20.8 Å². The monoisotopic (exact) mass is 146 g/mol. The van der Waals surface area contributed by atoms with Gasteiger partial charge in [0, 0.05) is 0 Å². The van der Waals surface area contributed by atoms with E-state index in [0.29, 0.717) is 0 Å². The van der Waals surface area contributed by atoms with E-state index in [0.717, 1.165) is 0 Å². The smallest absolute Gasteiger partial charge is 0.346 e. The second-order valence-corrected chi connectivity index (χ2v) is 0. The van der Waals surface area contributed by atoms with Crippen LogP contribution >= 0.6 is 0 Å². The predicted octanol–water partition coefficient (Wildman–Crippen LogP) is 2.52. The number of rotatable bonds is 0. The van der Waals surface area contributed by atoms with Gasteiger partial charge in [-0.2, -0.15) is 20.8 Å². The first-order valence-corrected chi connectivity index (χ1v) is 2.12. The predicted molar refractivity (Wildman–Crippen MR) is 33.1 cm³/mol. The van der Waals surface area contributed by atoms with Crippen LogP contribution in [0.4, 0.5) is 0 Å². The van der Waals surface area contributed by atoms with Crippen molar-refractivity contribution in [1.29, 1.82) is 0 Å². The van der Waals surface area contributed by atoms with E-state index in [1.165, 1.54) is 0 Å². The molecule has 0 saturated heterocycles. The summed E-state index contributed by atoms with van der Waals surface area (Å²) in [6.45, 7) is 15.0. The van der Waals surface area contributed by atoms with Gasteiger partial charge in [0.1, 0.15) is 0 Å². The van der Waals surface area contributed by atoms with Gasteiger partial charge in [-0.15, -0.1) is 0 Å². The summed E-state index contributed by atoms with van der Waals surface area (Å²) < 4.78 is 0. The summed E-state index contributed by atoms with van der Waals surface area (Å²) >= 11 is 0. The van der Waals surface area contributed by atoms with E-state index in [-0.39, 0.29) is 16.8 Å². The normalized spacial score (nSPS) is 2.57. The summed E-state index contributed by atoms with van der Waals surface area (Å²) in [7, 11) is 0. The zero-order chi connectivity index (χ0) is 6.00. The molecule has 0 N–H and O–H groups in total. The first-order chi connectivity index (χ1) is 3.00. The maximum atomic E-state index is 3.25. The summed E-state index contributed by atoms with van der Waals surface area (Å²) in [5.41, 5.74) is 0. The van der Waals surface area contributed by atoms with E-state index < -0.39 is 0 Å².